The van der Waals surface area contributed by atoms with Crippen molar-refractivity contribution in [1.29, 1.82) is 0 Å². The van der Waals surface area contributed by atoms with Crippen molar-refractivity contribution in [3.63, 3.8) is 0 Å². The zero-order valence-electron chi connectivity index (χ0n) is 16.3. The maximum Gasteiger partial charge on any atom is 0.416 e. The van der Waals surface area contributed by atoms with Crippen molar-refractivity contribution in [3.05, 3.63) is 64.8 Å². The number of rotatable bonds is 5. The summed E-state index contributed by atoms with van der Waals surface area (Å²) >= 11 is 0. The van der Waals surface area contributed by atoms with E-state index in [0.29, 0.717) is 25.3 Å². The molecule has 1 aromatic carbocycles. The van der Waals surface area contributed by atoms with Crippen LogP contribution in [-0.4, -0.2) is 39.6 Å². The van der Waals surface area contributed by atoms with E-state index in [1.807, 2.05) is 29.6 Å². The lowest BCUT2D eigenvalue weighted by molar-refractivity contribution is -0.138. The smallest absolute Gasteiger partial charge is 0.361 e. The van der Waals surface area contributed by atoms with Crippen molar-refractivity contribution < 1.29 is 17.7 Å². The molecule has 4 rings (SSSR count). The monoisotopic (exact) mass is 405 g/mol. The Balaban J connectivity index is 1.42. The summed E-state index contributed by atoms with van der Waals surface area (Å²) in [6, 6.07) is 5.77. The van der Waals surface area contributed by atoms with E-state index in [4.69, 9.17) is 4.52 Å². The maximum absolute atomic E-state index is 13.2. The van der Waals surface area contributed by atoms with Gasteiger partial charge in [0.15, 0.2) is 0 Å². The topological polar surface area (TPSA) is 50.3 Å². The maximum atomic E-state index is 13.2. The van der Waals surface area contributed by atoms with Crippen molar-refractivity contribution >= 4 is 5.69 Å². The van der Waals surface area contributed by atoms with E-state index in [9.17, 15) is 13.2 Å². The summed E-state index contributed by atoms with van der Waals surface area (Å²) in [5.41, 5.74) is 2.53. The average Bonchev–Trinajstić information content (AvgIpc) is 3.39. The molecule has 0 amide bonds. The zero-order valence-corrected chi connectivity index (χ0v) is 16.3. The Hall–Kier alpha value is -2.81. The van der Waals surface area contributed by atoms with Crippen LogP contribution >= 0.6 is 0 Å². The van der Waals surface area contributed by atoms with Gasteiger partial charge in [-0.05, 0) is 25.5 Å². The first-order valence-electron chi connectivity index (χ1n) is 9.38. The fourth-order valence-electron chi connectivity index (χ4n) is 3.65. The summed E-state index contributed by atoms with van der Waals surface area (Å²) in [6.45, 7) is 6.59. The third-order valence-electron chi connectivity index (χ3n) is 5.26. The van der Waals surface area contributed by atoms with Crippen LogP contribution in [0.15, 0.2) is 41.2 Å². The number of anilines is 1. The molecule has 0 spiro atoms. The van der Waals surface area contributed by atoms with Crippen molar-refractivity contribution in [2.75, 3.05) is 24.7 Å². The summed E-state index contributed by atoms with van der Waals surface area (Å²) in [6.07, 6.45) is -0.611. The summed E-state index contributed by atoms with van der Waals surface area (Å²) in [7, 11) is 0. The van der Waals surface area contributed by atoms with Crippen molar-refractivity contribution in [2.45, 2.75) is 33.1 Å². The molecule has 0 aliphatic carbocycles. The Labute approximate surface area is 166 Å². The lowest BCUT2D eigenvalue weighted by atomic mass is 10.1. The second kappa shape index (κ2) is 7.55. The van der Waals surface area contributed by atoms with E-state index in [1.165, 1.54) is 6.07 Å². The standard InChI is InChI=1S/C20H22F3N5O/c1-14-18(15(2)29-25-14)12-28-11-17(9-24-28)27-8-7-26(13-27)10-16-5-3-4-6-19(16)20(21,22)23/h3-6,9,11H,7-8,10,12-13H2,1-2H3. The first kappa shape index (κ1) is 19.5. The first-order chi connectivity index (χ1) is 13.8. The van der Waals surface area contributed by atoms with E-state index in [2.05, 4.69) is 15.2 Å². The lowest BCUT2D eigenvalue weighted by Crippen LogP contribution is -2.25. The molecule has 1 saturated heterocycles. The Morgan fingerprint density at radius 2 is 1.90 bits per heavy atom. The van der Waals surface area contributed by atoms with Gasteiger partial charge in [-0.1, -0.05) is 23.4 Å². The highest BCUT2D eigenvalue weighted by Crippen LogP contribution is 2.33. The minimum atomic E-state index is -4.34. The molecular formula is C20H22F3N5O. The Bertz CT molecular complexity index is 975. The molecule has 3 aromatic rings. The molecule has 1 aliphatic heterocycles. The number of halogens is 3. The fraction of sp³-hybridized carbons (Fsp3) is 0.400. The number of hydrogen-bond donors (Lipinski definition) is 0. The van der Waals surface area contributed by atoms with E-state index >= 15 is 0 Å². The van der Waals surface area contributed by atoms with Gasteiger partial charge in [0.1, 0.15) is 5.76 Å². The first-order valence-corrected chi connectivity index (χ1v) is 9.38. The third kappa shape index (κ3) is 4.14. The molecule has 0 saturated carbocycles. The third-order valence-corrected chi connectivity index (χ3v) is 5.26. The van der Waals surface area contributed by atoms with Gasteiger partial charge in [0.05, 0.1) is 36.4 Å². The van der Waals surface area contributed by atoms with Crippen LogP contribution in [0.4, 0.5) is 18.9 Å². The van der Waals surface area contributed by atoms with E-state index in [1.54, 1.807) is 18.3 Å². The number of alkyl halides is 3. The quantitative estimate of drug-likeness (QED) is 0.646. The van der Waals surface area contributed by atoms with Gasteiger partial charge in [-0.2, -0.15) is 18.3 Å². The summed E-state index contributed by atoms with van der Waals surface area (Å²) in [4.78, 5) is 4.13. The number of hydrogen-bond acceptors (Lipinski definition) is 5. The second-order valence-corrected chi connectivity index (χ2v) is 7.31. The van der Waals surface area contributed by atoms with Crippen molar-refractivity contribution in [1.82, 2.24) is 19.8 Å². The molecule has 1 fully saturated rings. The minimum absolute atomic E-state index is 0.263. The van der Waals surface area contributed by atoms with Gasteiger partial charge >= 0.3 is 6.18 Å². The summed E-state index contributed by atoms with van der Waals surface area (Å²) in [5, 5.41) is 8.37. The van der Waals surface area contributed by atoms with Crippen molar-refractivity contribution in [3.8, 4) is 0 Å². The van der Waals surface area contributed by atoms with Gasteiger partial charge in [-0.25, -0.2) is 0 Å². The predicted octanol–water partition coefficient (Wildman–Crippen LogP) is 3.83. The van der Waals surface area contributed by atoms with Gasteiger partial charge in [-0.15, -0.1) is 0 Å². The van der Waals surface area contributed by atoms with Crippen LogP contribution in [0, 0.1) is 13.8 Å². The highest BCUT2D eigenvalue weighted by atomic mass is 19.4. The van der Waals surface area contributed by atoms with Crippen LogP contribution in [0.1, 0.15) is 28.1 Å². The largest absolute Gasteiger partial charge is 0.416 e. The number of benzene rings is 1. The van der Waals surface area contributed by atoms with Crippen LogP contribution in [0.3, 0.4) is 0 Å². The molecule has 0 bridgehead atoms. The normalized spacial score (nSPS) is 15.4. The molecule has 29 heavy (non-hydrogen) atoms. The minimum Gasteiger partial charge on any atom is -0.361 e. The molecule has 2 aromatic heterocycles. The molecule has 6 nitrogen and oxygen atoms in total. The van der Waals surface area contributed by atoms with Gasteiger partial charge in [-0.3, -0.25) is 9.58 Å². The molecule has 1 aliphatic rings. The highest BCUT2D eigenvalue weighted by Gasteiger charge is 2.33. The number of nitrogens with zero attached hydrogens (tertiary/aromatic N) is 5. The van der Waals surface area contributed by atoms with Gasteiger partial charge in [0, 0.05) is 31.4 Å². The molecule has 0 unspecified atom stereocenters. The molecule has 9 heteroatoms. The average molecular weight is 405 g/mol. The van der Waals surface area contributed by atoms with Crippen LogP contribution < -0.4 is 4.90 Å². The Kier molecular flexibility index (Phi) is 5.08. The highest BCUT2D eigenvalue weighted by molar-refractivity contribution is 5.43. The van der Waals surface area contributed by atoms with E-state index in [0.717, 1.165) is 35.3 Å². The predicted molar refractivity (Wildman–Crippen MR) is 101 cm³/mol. The van der Waals surface area contributed by atoms with Crippen LogP contribution in [0.2, 0.25) is 0 Å². The molecule has 3 heterocycles. The SMILES string of the molecule is Cc1noc(C)c1Cn1cc(N2CCN(Cc3ccccc3C(F)(F)F)C2)cn1. The summed E-state index contributed by atoms with van der Waals surface area (Å²) < 4.78 is 46.7. The van der Waals surface area contributed by atoms with Crippen molar-refractivity contribution in [2.24, 2.45) is 0 Å². The lowest BCUT2D eigenvalue weighted by Gasteiger charge is -2.20. The fourth-order valence-corrected chi connectivity index (χ4v) is 3.65. The van der Waals surface area contributed by atoms with Gasteiger partial charge in [0.25, 0.3) is 0 Å². The Morgan fingerprint density at radius 1 is 1.10 bits per heavy atom. The van der Waals surface area contributed by atoms with Crippen LogP contribution in [0.5, 0.6) is 0 Å². The number of aryl methyl sites for hydroxylation is 2. The molecule has 0 radical (unpaired) electrons. The second-order valence-electron chi connectivity index (χ2n) is 7.31. The molecular weight excluding hydrogens is 383 g/mol. The zero-order chi connectivity index (χ0) is 20.6. The molecule has 154 valence electrons. The molecule has 0 N–H and O–H groups in total. The Morgan fingerprint density at radius 3 is 2.62 bits per heavy atom. The summed E-state index contributed by atoms with van der Waals surface area (Å²) in [5.74, 6) is 0.773. The van der Waals surface area contributed by atoms with Gasteiger partial charge < -0.3 is 9.42 Å². The van der Waals surface area contributed by atoms with Gasteiger partial charge in [0.2, 0.25) is 0 Å². The van der Waals surface area contributed by atoms with Crippen LogP contribution in [-0.2, 0) is 19.3 Å². The van der Waals surface area contributed by atoms with E-state index in [-0.39, 0.29) is 6.54 Å². The van der Waals surface area contributed by atoms with E-state index < -0.39 is 11.7 Å². The molecule has 0 atom stereocenters. The number of aromatic nitrogens is 3. The van der Waals surface area contributed by atoms with Crippen LogP contribution in [0.25, 0.3) is 0 Å².